The molecule has 0 saturated carbocycles. The maximum Gasteiger partial charge on any atom is 0.404 e. The van der Waals surface area contributed by atoms with Gasteiger partial charge in [-0.25, -0.2) is 4.79 Å². The molecule has 0 heterocycles. The first-order valence-corrected chi connectivity index (χ1v) is 4.73. The van der Waals surface area contributed by atoms with E-state index in [1.54, 1.807) is 12.1 Å². The lowest BCUT2D eigenvalue weighted by Crippen LogP contribution is -2.22. The SMILES string of the molecule is O=Cc1ccc(CCCNC(=O)O)cc1. The molecule has 0 radical (unpaired) electrons. The largest absolute Gasteiger partial charge is 0.465 e. The van der Waals surface area contributed by atoms with Crippen molar-refractivity contribution in [2.24, 2.45) is 0 Å². The van der Waals surface area contributed by atoms with Crippen molar-refractivity contribution in [3.63, 3.8) is 0 Å². The molecule has 4 nitrogen and oxygen atoms in total. The lowest BCUT2D eigenvalue weighted by Gasteiger charge is -2.01. The minimum Gasteiger partial charge on any atom is -0.465 e. The van der Waals surface area contributed by atoms with Gasteiger partial charge in [-0.05, 0) is 18.4 Å². The van der Waals surface area contributed by atoms with E-state index in [2.05, 4.69) is 5.32 Å². The van der Waals surface area contributed by atoms with Crippen LogP contribution in [0.5, 0.6) is 0 Å². The zero-order valence-electron chi connectivity index (χ0n) is 8.27. The number of carbonyl (C=O) groups is 2. The first-order valence-electron chi connectivity index (χ1n) is 4.73. The molecule has 0 fully saturated rings. The normalized spacial score (nSPS) is 9.60. The average Bonchev–Trinajstić information content (AvgIpc) is 2.25. The Bertz CT molecular complexity index is 332. The molecule has 0 bridgehead atoms. The summed E-state index contributed by atoms with van der Waals surface area (Å²) in [7, 11) is 0. The summed E-state index contributed by atoms with van der Waals surface area (Å²) in [5, 5.41) is 10.6. The highest BCUT2D eigenvalue weighted by molar-refractivity contribution is 5.74. The average molecular weight is 207 g/mol. The van der Waals surface area contributed by atoms with Crippen molar-refractivity contribution in [3.8, 4) is 0 Å². The van der Waals surface area contributed by atoms with Gasteiger partial charge in [0.1, 0.15) is 6.29 Å². The number of amides is 1. The Balaban J connectivity index is 2.31. The smallest absolute Gasteiger partial charge is 0.404 e. The van der Waals surface area contributed by atoms with Crippen molar-refractivity contribution in [2.75, 3.05) is 6.54 Å². The maximum absolute atomic E-state index is 10.4. The van der Waals surface area contributed by atoms with Crippen LogP contribution >= 0.6 is 0 Å². The summed E-state index contributed by atoms with van der Waals surface area (Å²) in [6.45, 7) is 0.449. The Labute approximate surface area is 87.9 Å². The molecule has 1 rings (SSSR count). The fraction of sp³-hybridized carbons (Fsp3) is 0.273. The molecule has 0 atom stereocenters. The van der Waals surface area contributed by atoms with Gasteiger partial charge < -0.3 is 10.4 Å². The lowest BCUT2D eigenvalue weighted by molar-refractivity contribution is 0.112. The fourth-order valence-electron chi connectivity index (χ4n) is 1.25. The standard InChI is InChI=1S/C11H13NO3/c13-8-10-5-3-9(4-6-10)2-1-7-12-11(14)15/h3-6,8,12H,1-2,7H2,(H,14,15). The van der Waals surface area contributed by atoms with Gasteiger partial charge in [0.25, 0.3) is 0 Å². The predicted molar refractivity (Wildman–Crippen MR) is 56.2 cm³/mol. The highest BCUT2D eigenvalue weighted by Crippen LogP contribution is 2.04. The second kappa shape index (κ2) is 5.80. The molecular formula is C11H13NO3. The van der Waals surface area contributed by atoms with Gasteiger partial charge in [-0.15, -0.1) is 0 Å². The molecule has 1 amide bonds. The summed E-state index contributed by atoms with van der Waals surface area (Å²) >= 11 is 0. The summed E-state index contributed by atoms with van der Waals surface area (Å²) < 4.78 is 0. The third-order valence-corrected chi connectivity index (χ3v) is 2.03. The van der Waals surface area contributed by atoms with E-state index in [1.165, 1.54) is 0 Å². The monoisotopic (exact) mass is 207 g/mol. The molecule has 0 saturated heterocycles. The van der Waals surface area contributed by atoms with Gasteiger partial charge in [0.15, 0.2) is 0 Å². The van der Waals surface area contributed by atoms with Gasteiger partial charge in [-0.1, -0.05) is 24.3 Å². The highest BCUT2D eigenvalue weighted by atomic mass is 16.4. The van der Waals surface area contributed by atoms with Crippen LogP contribution in [0.2, 0.25) is 0 Å². The van der Waals surface area contributed by atoms with Crippen LogP contribution in [0.15, 0.2) is 24.3 Å². The molecule has 2 N–H and O–H groups in total. The first-order chi connectivity index (χ1) is 7.22. The van der Waals surface area contributed by atoms with Crippen LogP contribution in [0.1, 0.15) is 22.3 Å². The molecule has 0 aliphatic heterocycles. The molecule has 0 aliphatic rings. The van der Waals surface area contributed by atoms with E-state index < -0.39 is 6.09 Å². The molecular weight excluding hydrogens is 194 g/mol. The van der Waals surface area contributed by atoms with E-state index in [1.807, 2.05) is 12.1 Å². The van der Waals surface area contributed by atoms with Crippen LogP contribution in [0.25, 0.3) is 0 Å². The summed E-state index contributed by atoms with van der Waals surface area (Å²) in [5.41, 5.74) is 1.76. The number of benzene rings is 1. The first kappa shape index (κ1) is 11.2. The number of carboxylic acid groups (broad SMARTS) is 1. The summed E-state index contributed by atoms with van der Waals surface area (Å²) in [6.07, 6.45) is 1.37. The Morgan fingerprint density at radius 1 is 1.33 bits per heavy atom. The van der Waals surface area contributed by atoms with Crippen molar-refractivity contribution in [1.29, 1.82) is 0 Å². The van der Waals surface area contributed by atoms with Crippen LogP contribution in [-0.2, 0) is 6.42 Å². The van der Waals surface area contributed by atoms with E-state index in [4.69, 9.17) is 5.11 Å². The van der Waals surface area contributed by atoms with Crippen molar-refractivity contribution >= 4 is 12.4 Å². The Kier molecular flexibility index (Phi) is 4.34. The molecule has 0 aromatic heterocycles. The van der Waals surface area contributed by atoms with Gasteiger partial charge in [0.2, 0.25) is 0 Å². The minimum atomic E-state index is -0.994. The Hall–Kier alpha value is -1.84. The number of hydrogen-bond acceptors (Lipinski definition) is 2. The molecule has 80 valence electrons. The third kappa shape index (κ3) is 4.26. The third-order valence-electron chi connectivity index (χ3n) is 2.03. The van der Waals surface area contributed by atoms with Crippen molar-refractivity contribution < 1.29 is 14.7 Å². The van der Waals surface area contributed by atoms with Crippen molar-refractivity contribution in [3.05, 3.63) is 35.4 Å². The molecule has 15 heavy (non-hydrogen) atoms. The van der Waals surface area contributed by atoms with E-state index in [9.17, 15) is 9.59 Å². The van der Waals surface area contributed by atoms with Crippen LogP contribution in [0.3, 0.4) is 0 Å². The topological polar surface area (TPSA) is 66.4 Å². The number of carbonyl (C=O) groups excluding carboxylic acids is 1. The van der Waals surface area contributed by atoms with Gasteiger partial charge in [-0.2, -0.15) is 0 Å². The Morgan fingerprint density at radius 3 is 2.53 bits per heavy atom. The summed E-state index contributed by atoms with van der Waals surface area (Å²) in [6, 6.07) is 7.27. The van der Waals surface area contributed by atoms with E-state index in [0.717, 1.165) is 24.7 Å². The predicted octanol–water partition coefficient (Wildman–Crippen LogP) is 1.70. The molecule has 1 aromatic rings. The van der Waals surface area contributed by atoms with Crippen LogP contribution < -0.4 is 5.32 Å². The van der Waals surface area contributed by atoms with E-state index >= 15 is 0 Å². The molecule has 4 heteroatoms. The minimum absolute atomic E-state index is 0.449. The second-order valence-corrected chi connectivity index (χ2v) is 3.19. The number of aldehydes is 1. The van der Waals surface area contributed by atoms with Crippen molar-refractivity contribution in [2.45, 2.75) is 12.8 Å². The highest BCUT2D eigenvalue weighted by Gasteiger charge is 1.96. The second-order valence-electron chi connectivity index (χ2n) is 3.19. The van der Waals surface area contributed by atoms with Crippen LogP contribution in [0, 0.1) is 0 Å². The molecule has 0 aliphatic carbocycles. The number of rotatable bonds is 5. The zero-order valence-corrected chi connectivity index (χ0v) is 8.27. The van der Waals surface area contributed by atoms with Gasteiger partial charge in [0, 0.05) is 12.1 Å². The number of aryl methyl sites for hydroxylation is 1. The van der Waals surface area contributed by atoms with Crippen LogP contribution in [-0.4, -0.2) is 24.0 Å². The maximum atomic E-state index is 10.4. The van der Waals surface area contributed by atoms with Gasteiger partial charge in [0.05, 0.1) is 0 Å². The van der Waals surface area contributed by atoms with Crippen LogP contribution in [0.4, 0.5) is 4.79 Å². The summed E-state index contributed by atoms with van der Waals surface area (Å²) in [5.74, 6) is 0. The quantitative estimate of drug-likeness (QED) is 0.570. The van der Waals surface area contributed by atoms with Crippen molar-refractivity contribution in [1.82, 2.24) is 5.32 Å². The van der Waals surface area contributed by atoms with E-state index in [0.29, 0.717) is 12.1 Å². The van der Waals surface area contributed by atoms with Gasteiger partial charge in [-0.3, -0.25) is 4.79 Å². The Morgan fingerprint density at radius 2 is 2.00 bits per heavy atom. The zero-order chi connectivity index (χ0) is 11.1. The molecule has 1 aromatic carbocycles. The molecule has 0 spiro atoms. The number of hydrogen-bond donors (Lipinski definition) is 2. The van der Waals surface area contributed by atoms with Gasteiger partial charge >= 0.3 is 6.09 Å². The number of nitrogens with one attached hydrogen (secondary N) is 1. The lowest BCUT2D eigenvalue weighted by atomic mass is 10.1. The molecule has 0 unspecified atom stereocenters. The fourth-order valence-corrected chi connectivity index (χ4v) is 1.25. The summed E-state index contributed by atoms with van der Waals surface area (Å²) in [4.78, 5) is 20.5. The van der Waals surface area contributed by atoms with E-state index in [-0.39, 0.29) is 0 Å².